The van der Waals surface area contributed by atoms with Crippen LogP contribution in [0.3, 0.4) is 0 Å². The molecule has 0 saturated carbocycles. The molecular weight excluding hydrogens is 285 g/mol. The lowest BCUT2D eigenvalue weighted by Gasteiger charge is -2.19. The highest BCUT2D eigenvalue weighted by Crippen LogP contribution is 2.33. The van der Waals surface area contributed by atoms with E-state index in [0.717, 1.165) is 12.0 Å². The van der Waals surface area contributed by atoms with Gasteiger partial charge in [0.2, 0.25) is 0 Å². The Bertz CT molecular complexity index is 407. The van der Waals surface area contributed by atoms with Crippen molar-refractivity contribution < 1.29 is 9.84 Å². The third-order valence-electron chi connectivity index (χ3n) is 2.73. The number of nitrogens with one attached hydrogen (secondary N) is 1. The predicted octanol–water partition coefficient (Wildman–Crippen LogP) is 3.64. The van der Waals surface area contributed by atoms with E-state index in [1.807, 2.05) is 26.8 Å². The Hall–Kier alpha value is -0.480. The summed E-state index contributed by atoms with van der Waals surface area (Å²) in [5, 5.41) is 13.5. The monoisotopic (exact) mass is 305 g/mol. The highest BCUT2D eigenvalue weighted by atomic mass is 35.5. The standard InChI is InChI=1S/C14H21Cl2NO2/c1-4-12(8-18)17-7-10-5-11(15)6-13(16)14(10)19-9(2)3/h5-6,9,12,17-18H,4,7-8H2,1-3H3. The zero-order valence-corrected chi connectivity index (χ0v) is 13.1. The molecule has 0 saturated heterocycles. The third-order valence-corrected chi connectivity index (χ3v) is 3.23. The summed E-state index contributed by atoms with van der Waals surface area (Å²) in [5.74, 6) is 0.654. The lowest BCUT2D eigenvalue weighted by atomic mass is 10.1. The first-order chi connectivity index (χ1) is 8.97. The molecule has 1 rings (SSSR count). The zero-order valence-electron chi connectivity index (χ0n) is 11.5. The van der Waals surface area contributed by atoms with E-state index in [2.05, 4.69) is 5.32 Å². The van der Waals surface area contributed by atoms with Crippen LogP contribution in [0.15, 0.2) is 12.1 Å². The summed E-state index contributed by atoms with van der Waals surface area (Å²) in [6.07, 6.45) is 0.891. The average molecular weight is 306 g/mol. The first-order valence-electron chi connectivity index (χ1n) is 6.46. The minimum absolute atomic E-state index is 0.0391. The smallest absolute Gasteiger partial charge is 0.142 e. The molecule has 0 amide bonds. The normalized spacial score (nSPS) is 12.8. The van der Waals surface area contributed by atoms with Crippen LogP contribution in [0.25, 0.3) is 0 Å². The number of halogens is 2. The van der Waals surface area contributed by atoms with Crippen LogP contribution in [0, 0.1) is 0 Å². The molecule has 3 nitrogen and oxygen atoms in total. The van der Waals surface area contributed by atoms with Crippen LogP contribution in [0.4, 0.5) is 0 Å². The maximum absolute atomic E-state index is 9.18. The topological polar surface area (TPSA) is 41.5 Å². The Morgan fingerprint density at radius 1 is 1.32 bits per heavy atom. The quantitative estimate of drug-likeness (QED) is 0.808. The van der Waals surface area contributed by atoms with Crippen molar-refractivity contribution in [2.45, 2.75) is 45.9 Å². The highest BCUT2D eigenvalue weighted by Gasteiger charge is 2.13. The van der Waals surface area contributed by atoms with Gasteiger partial charge >= 0.3 is 0 Å². The fourth-order valence-electron chi connectivity index (χ4n) is 1.70. The van der Waals surface area contributed by atoms with E-state index in [4.69, 9.17) is 27.9 Å². The third kappa shape index (κ3) is 5.19. The maximum Gasteiger partial charge on any atom is 0.142 e. The van der Waals surface area contributed by atoms with Crippen molar-refractivity contribution in [3.8, 4) is 5.75 Å². The Labute approximate surface area is 124 Å². The van der Waals surface area contributed by atoms with Gasteiger partial charge in [-0.3, -0.25) is 0 Å². The molecule has 1 aromatic carbocycles. The van der Waals surface area contributed by atoms with Crippen molar-refractivity contribution in [1.82, 2.24) is 5.32 Å². The van der Waals surface area contributed by atoms with E-state index in [-0.39, 0.29) is 18.8 Å². The zero-order chi connectivity index (χ0) is 14.4. The Kier molecular flexibility index (Phi) is 6.94. The van der Waals surface area contributed by atoms with Gasteiger partial charge in [-0.2, -0.15) is 0 Å². The molecule has 0 aromatic heterocycles. The van der Waals surface area contributed by atoms with Crippen LogP contribution in [0.5, 0.6) is 5.75 Å². The van der Waals surface area contributed by atoms with Crippen molar-refractivity contribution >= 4 is 23.2 Å². The summed E-state index contributed by atoms with van der Waals surface area (Å²) >= 11 is 12.2. The highest BCUT2D eigenvalue weighted by molar-refractivity contribution is 6.35. The molecular formula is C14H21Cl2NO2. The molecule has 1 atom stereocenters. The fraction of sp³-hybridized carbons (Fsp3) is 0.571. The first-order valence-corrected chi connectivity index (χ1v) is 7.22. The minimum Gasteiger partial charge on any atom is -0.489 e. The van der Waals surface area contributed by atoms with E-state index in [1.54, 1.807) is 6.07 Å². The van der Waals surface area contributed by atoms with Gasteiger partial charge in [-0.1, -0.05) is 30.1 Å². The number of rotatable bonds is 7. The lowest BCUT2D eigenvalue weighted by Crippen LogP contribution is -2.31. The van der Waals surface area contributed by atoms with Crippen LogP contribution in [0.2, 0.25) is 10.0 Å². The lowest BCUT2D eigenvalue weighted by molar-refractivity contribution is 0.230. The van der Waals surface area contributed by atoms with Gasteiger partial charge in [0.05, 0.1) is 17.7 Å². The van der Waals surface area contributed by atoms with Crippen molar-refractivity contribution in [2.75, 3.05) is 6.61 Å². The summed E-state index contributed by atoms with van der Waals surface area (Å²) < 4.78 is 5.74. The molecule has 19 heavy (non-hydrogen) atoms. The molecule has 0 fully saturated rings. The number of benzene rings is 1. The Morgan fingerprint density at radius 3 is 2.53 bits per heavy atom. The number of aliphatic hydroxyl groups is 1. The molecule has 108 valence electrons. The molecule has 0 aliphatic heterocycles. The second kappa shape index (κ2) is 7.95. The summed E-state index contributed by atoms with van der Waals surface area (Å²) in [5.41, 5.74) is 0.901. The average Bonchev–Trinajstić information content (AvgIpc) is 2.34. The van der Waals surface area contributed by atoms with E-state index in [0.29, 0.717) is 22.3 Å². The van der Waals surface area contributed by atoms with Crippen molar-refractivity contribution in [2.24, 2.45) is 0 Å². The molecule has 1 unspecified atom stereocenters. The van der Waals surface area contributed by atoms with E-state index in [1.165, 1.54) is 0 Å². The Balaban J connectivity index is 2.90. The molecule has 0 spiro atoms. The predicted molar refractivity (Wildman–Crippen MR) is 80.2 cm³/mol. The van der Waals surface area contributed by atoms with Crippen molar-refractivity contribution in [3.05, 3.63) is 27.7 Å². The summed E-state index contributed by atoms with van der Waals surface area (Å²) in [6, 6.07) is 3.57. The van der Waals surface area contributed by atoms with Gasteiger partial charge in [-0.15, -0.1) is 0 Å². The van der Waals surface area contributed by atoms with E-state index in [9.17, 15) is 5.11 Å². The Morgan fingerprint density at radius 2 is 2.00 bits per heavy atom. The molecule has 5 heteroatoms. The van der Waals surface area contributed by atoms with E-state index >= 15 is 0 Å². The first kappa shape index (κ1) is 16.6. The fourth-order valence-corrected chi connectivity index (χ4v) is 2.29. The number of hydrogen-bond donors (Lipinski definition) is 2. The van der Waals surface area contributed by atoms with Crippen LogP contribution < -0.4 is 10.1 Å². The van der Waals surface area contributed by atoms with Gasteiger partial charge in [0.1, 0.15) is 5.75 Å². The van der Waals surface area contributed by atoms with Gasteiger partial charge in [0.25, 0.3) is 0 Å². The molecule has 0 bridgehead atoms. The molecule has 1 aromatic rings. The minimum atomic E-state index is 0.0391. The number of aliphatic hydroxyl groups excluding tert-OH is 1. The maximum atomic E-state index is 9.18. The van der Waals surface area contributed by atoms with Gasteiger partial charge in [0.15, 0.2) is 0 Å². The molecule has 0 aliphatic rings. The van der Waals surface area contributed by atoms with Crippen molar-refractivity contribution in [3.63, 3.8) is 0 Å². The molecule has 0 radical (unpaired) electrons. The van der Waals surface area contributed by atoms with Crippen molar-refractivity contribution in [1.29, 1.82) is 0 Å². The second-order valence-corrected chi connectivity index (χ2v) is 5.55. The van der Waals surface area contributed by atoms with Gasteiger partial charge in [0, 0.05) is 23.2 Å². The van der Waals surface area contributed by atoms with Crippen LogP contribution in [0.1, 0.15) is 32.8 Å². The largest absolute Gasteiger partial charge is 0.489 e. The van der Waals surface area contributed by atoms with Gasteiger partial charge < -0.3 is 15.2 Å². The van der Waals surface area contributed by atoms with E-state index < -0.39 is 0 Å². The molecule has 0 aliphatic carbocycles. The van der Waals surface area contributed by atoms with Gasteiger partial charge in [-0.25, -0.2) is 0 Å². The number of hydrogen-bond acceptors (Lipinski definition) is 3. The second-order valence-electron chi connectivity index (χ2n) is 4.71. The summed E-state index contributed by atoms with van der Waals surface area (Å²) in [7, 11) is 0. The van der Waals surface area contributed by atoms with Crippen LogP contribution in [-0.4, -0.2) is 23.9 Å². The van der Waals surface area contributed by atoms with Crippen LogP contribution >= 0.6 is 23.2 Å². The van der Waals surface area contributed by atoms with Gasteiger partial charge in [-0.05, 0) is 32.4 Å². The number of ether oxygens (including phenoxy) is 1. The summed E-state index contributed by atoms with van der Waals surface area (Å²) in [4.78, 5) is 0. The van der Waals surface area contributed by atoms with Crippen LogP contribution in [-0.2, 0) is 6.54 Å². The summed E-state index contributed by atoms with van der Waals surface area (Å²) in [6.45, 7) is 6.58. The SMILES string of the molecule is CCC(CO)NCc1cc(Cl)cc(Cl)c1OC(C)C. The molecule has 0 heterocycles. The molecule has 2 N–H and O–H groups in total.